The first-order valence-corrected chi connectivity index (χ1v) is 7.91. The predicted molar refractivity (Wildman–Crippen MR) is 97.2 cm³/mol. The lowest BCUT2D eigenvalue weighted by atomic mass is 10.0. The Morgan fingerprint density at radius 1 is 0.875 bits per heavy atom. The van der Waals surface area contributed by atoms with E-state index in [9.17, 15) is 4.79 Å². The van der Waals surface area contributed by atoms with Gasteiger partial charge in [-0.3, -0.25) is 0 Å². The van der Waals surface area contributed by atoms with Crippen molar-refractivity contribution in [2.75, 3.05) is 0 Å². The molecule has 0 amide bonds. The van der Waals surface area contributed by atoms with E-state index in [0.717, 1.165) is 22.1 Å². The fourth-order valence-electron chi connectivity index (χ4n) is 2.93. The van der Waals surface area contributed by atoms with Crippen molar-refractivity contribution < 1.29 is 9.53 Å². The van der Waals surface area contributed by atoms with E-state index < -0.39 is 0 Å². The van der Waals surface area contributed by atoms with E-state index in [0.29, 0.717) is 11.3 Å². The summed E-state index contributed by atoms with van der Waals surface area (Å²) in [6.07, 6.45) is 3.73. The van der Waals surface area contributed by atoms with Crippen LogP contribution in [-0.2, 0) is 9.53 Å². The number of esters is 1. The van der Waals surface area contributed by atoms with Crippen LogP contribution in [0.15, 0.2) is 78.6 Å². The summed E-state index contributed by atoms with van der Waals surface area (Å²) in [5.74, 6) is 0.275. The molecule has 0 aliphatic carbocycles. The molecule has 4 rings (SSSR count). The molecule has 2 heteroatoms. The van der Waals surface area contributed by atoms with Gasteiger partial charge in [0.1, 0.15) is 5.76 Å². The van der Waals surface area contributed by atoms with E-state index >= 15 is 0 Å². The summed E-state index contributed by atoms with van der Waals surface area (Å²) in [5, 5.41) is 2.31. The second-order valence-electron chi connectivity index (χ2n) is 5.93. The largest absolute Gasteiger partial charge is 0.423 e. The number of hydrogen-bond acceptors (Lipinski definition) is 2. The molecule has 0 spiro atoms. The van der Waals surface area contributed by atoms with Gasteiger partial charge in [0.05, 0.1) is 5.57 Å². The van der Waals surface area contributed by atoms with Gasteiger partial charge in [-0.15, -0.1) is 0 Å². The van der Waals surface area contributed by atoms with Crippen molar-refractivity contribution in [2.45, 2.75) is 6.92 Å². The molecule has 24 heavy (non-hydrogen) atoms. The number of ether oxygens (including phenoxy) is 1. The second kappa shape index (κ2) is 5.82. The standard InChI is InChI=1S/C22H16O2/c1-15-9-11-17(12-10-15)21-14-19(24-22(21)23)13-18-7-4-6-16-5-2-3-8-20(16)18/h2-14H,1H3/b19-13-. The Morgan fingerprint density at radius 3 is 2.46 bits per heavy atom. The molecule has 1 aliphatic rings. The smallest absolute Gasteiger partial charge is 0.344 e. The average molecular weight is 312 g/mol. The molecule has 0 saturated heterocycles. The van der Waals surface area contributed by atoms with Gasteiger partial charge < -0.3 is 4.74 Å². The molecule has 1 heterocycles. The molecule has 3 aromatic carbocycles. The Labute approximate surface area is 140 Å². The van der Waals surface area contributed by atoms with Crippen LogP contribution in [0, 0.1) is 6.92 Å². The average Bonchev–Trinajstić information content (AvgIpc) is 2.96. The quantitative estimate of drug-likeness (QED) is 0.613. The zero-order valence-electron chi connectivity index (χ0n) is 13.3. The zero-order valence-corrected chi connectivity index (χ0v) is 13.3. The van der Waals surface area contributed by atoms with Gasteiger partial charge in [-0.1, -0.05) is 72.3 Å². The highest BCUT2D eigenvalue weighted by molar-refractivity contribution is 6.20. The number of carbonyl (C=O) groups excluding carboxylic acids is 1. The summed E-state index contributed by atoms with van der Waals surface area (Å²) in [6, 6.07) is 22.2. The van der Waals surface area contributed by atoms with Gasteiger partial charge >= 0.3 is 5.97 Å². The first kappa shape index (κ1) is 14.5. The van der Waals surface area contributed by atoms with E-state index in [1.54, 1.807) is 0 Å². The Kier molecular flexibility index (Phi) is 3.51. The topological polar surface area (TPSA) is 26.3 Å². The van der Waals surface area contributed by atoms with Crippen LogP contribution in [0.1, 0.15) is 16.7 Å². The van der Waals surface area contributed by atoms with E-state index in [1.165, 1.54) is 5.39 Å². The minimum Gasteiger partial charge on any atom is -0.423 e. The highest BCUT2D eigenvalue weighted by Crippen LogP contribution is 2.29. The van der Waals surface area contributed by atoms with E-state index in [-0.39, 0.29) is 5.97 Å². The SMILES string of the molecule is Cc1ccc(C2=C/C(=C/c3cccc4ccccc34)OC2=O)cc1. The number of allylic oxidation sites excluding steroid dienone is 1. The Hall–Kier alpha value is -3.13. The van der Waals surface area contributed by atoms with Crippen LogP contribution in [0.4, 0.5) is 0 Å². The van der Waals surface area contributed by atoms with E-state index in [1.807, 2.05) is 67.6 Å². The van der Waals surface area contributed by atoms with Crippen molar-refractivity contribution in [3.63, 3.8) is 0 Å². The summed E-state index contributed by atoms with van der Waals surface area (Å²) in [5.41, 5.74) is 3.68. The van der Waals surface area contributed by atoms with Crippen LogP contribution in [0.3, 0.4) is 0 Å². The highest BCUT2D eigenvalue weighted by atomic mass is 16.5. The Bertz CT molecular complexity index is 987. The van der Waals surface area contributed by atoms with Gasteiger partial charge in [-0.25, -0.2) is 4.79 Å². The summed E-state index contributed by atoms with van der Waals surface area (Å²) in [6.45, 7) is 2.02. The van der Waals surface area contributed by atoms with Gasteiger partial charge in [0.2, 0.25) is 0 Å². The molecule has 3 aromatic rings. The van der Waals surface area contributed by atoms with Crippen LogP contribution in [-0.4, -0.2) is 5.97 Å². The van der Waals surface area contributed by atoms with Gasteiger partial charge in [-0.2, -0.15) is 0 Å². The maximum Gasteiger partial charge on any atom is 0.344 e. The number of rotatable bonds is 2. The predicted octanol–water partition coefficient (Wildman–Crippen LogP) is 5.13. The lowest BCUT2D eigenvalue weighted by Crippen LogP contribution is -1.98. The van der Waals surface area contributed by atoms with Crippen LogP contribution in [0.5, 0.6) is 0 Å². The van der Waals surface area contributed by atoms with Crippen LogP contribution >= 0.6 is 0 Å². The van der Waals surface area contributed by atoms with Crippen LogP contribution < -0.4 is 0 Å². The fraction of sp³-hybridized carbons (Fsp3) is 0.0455. The minimum absolute atomic E-state index is 0.301. The zero-order chi connectivity index (χ0) is 16.5. The first-order valence-electron chi connectivity index (χ1n) is 7.91. The summed E-state index contributed by atoms with van der Waals surface area (Å²) in [7, 11) is 0. The third kappa shape index (κ3) is 2.63. The van der Waals surface area contributed by atoms with Crippen molar-refractivity contribution in [3.05, 3.63) is 95.3 Å². The molecule has 0 N–H and O–H groups in total. The summed E-state index contributed by atoms with van der Waals surface area (Å²) < 4.78 is 5.44. The highest BCUT2D eigenvalue weighted by Gasteiger charge is 2.22. The lowest BCUT2D eigenvalue weighted by molar-refractivity contribution is -0.131. The van der Waals surface area contributed by atoms with Gasteiger partial charge in [0, 0.05) is 0 Å². The molecule has 0 atom stereocenters. The number of fused-ring (bicyclic) bond motifs is 1. The number of hydrogen-bond donors (Lipinski definition) is 0. The molecular weight excluding hydrogens is 296 g/mol. The molecule has 0 radical (unpaired) electrons. The maximum atomic E-state index is 12.2. The third-order valence-electron chi connectivity index (χ3n) is 4.20. The van der Waals surface area contributed by atoms with Gasteiger partial charge in [-0.05, 0) is 41.0 Å². The molecule has 0 bridgehead atoms. The van der Waals surface area contributed by atoms with Gasteiger partial charge in [0.25, 0.3) is 0 Å². The molecule has 0 unspecified atom stereocenters. The van der Waals surface area contributed by atoms with Crippen molar-refractivity contribution in [1.29, 1.82) is 0 Å². The number of benzene rings is 3. The molecule has 116 valence electrons. The van der Waals surface area contributed by atoms with Crippen molar-refractivity contribution in [3.8, 4) is 0 Å². The number of aryl methyl sites for hydroxylation is 1. The lowest BCUT2D eigenvalue weighted by Gasteiger charge is -2.02. The Balaban J connectivity index is 1.75. The number of carbonyl (C=O) groups is 1. The maximum absolute atomic E-state index is 12.2. The summed E-state index contributed by atoms with van der Waals surface area (Å²) in [4.78, 5) is 12.2. The molecule has 0 fully saturated rings. The molecule has 0 saturated carbocycles. The van der Waals surface area contributed by atoms with Crippen molar-refractivity contribution >= 4 is 28.4 Å². The van der Waals surface area contributed by atoms with E-state index in [2.05, 4.69) is 18.2 Å². The first-order chi connectivity index (χ1) is 11.7. The van der Waals surface area contributed by atoms with Crippen LogP contribution in [0.2, 0.25) is 0 Å². The fourth-order valence-corrected chi connectivity index (χ4v) is 2.93. The normalized spacial score (nSPS) is 15.6. The minimum atomic E-state index is -0.301. The van der Waals surface area contributed by atoms with Crippen LogP contribution in [0.25, 0.3) is 22.4 Å². The monoisotopic (exact) mass is 312 g/mol. The van der Waals surface area contributed by atoms with Crippen molar-refractivity contribution in [1.82, 2.24) is 0 Å². The molecule has 1 aliphatic heterocycles. The van der Waals surface area contributed by atoms with E-state index in [4.69, 9.17) is 4.74 Å². The number of cyclic esters (lactones) is 1. The molecular formula is C22H16O2. The Morgan fingerprint density at radius 2 is 1.62 bits per heavy atom. The molecule has 0 aromatic heterocycles. The van der Waals surface area contributed by atoms with Gasteiger partial charge in [0.15, 0.2) is 0 Å². The molecule has 2 nitrogen and oxygen atoms in total. The third-order valence-corrected chi connectivity index (χ3v) is 4.20. The van der Waals surface area contributed by atoms with Crippen molar-refractivity contribution in [2.24, 2.45) is 0 Å². The summed E-state index contributed by atoms with van der Waals surface area (Å²) >= 11 is 0. The second-order valence-corrected chi connectivity index (χ2v) is 5.93.